The summed E-state index contributed by atoms with van der Waals surface area (Å²) < 4.78 is 29.7. The summed E-state index contributed by atoms with van der Waals surface area (Å²) >= 11 is 0. The van der Waals surface area contributed by atoms with Gasteiger partial charge in [-0.25, -0.2) is 8.42 Å². The van der Waals surface area contributed by atoms with Crippen LogP contribution in [0.4, 0.5) is 5.69 Å². The summed E-state index contributed by atoms with van der Waals surface area (Å²) in [5.41, 5.74) is 0.883. The molecule has 4 fully saturated rings. The molecule has 152 valence electrons. The first-order valence-electron chi connectivity index (χ1n) is 9.96. The van der Waals surface area contributed by atoms with E-state index >= 15 is 0 Å². The number of nitrogens with zero attached hydrogens (tertiary/aromatic N) is 1. The van der Waals surface area contributed by atoms with Crippen molar-refractivity contribution in [3.63, 3.8) is 0 Å². The van der Waals surface area contributed by atoms with Crippen molar-refractivity contribution >= 4 is 27.5 Å². The molecule has 0 spiro atoms. The van der Waals surface area contributed by atoms with Crippen LogP contribution in [0.1, 0.15) is 42.5 Å². The van der Waals surface area contributed by atoms with E-state index in [-0.39, 0.29) is 24.3 Å². The Hall–Kier alpha value is -1.89. The number of sulfonamides is 1. The number of hydrogen-bond acceptors (Lipinski definition) is 5. The van der Waals surface area contributed by atoms with Gasteiger partial charge in [0.15, 0.2) is 12.4 Å². The van der Waals surface area contributed by atoms with Gasteiger partial charge in [-0.1, -0.05) is 0 Å². The van der Waals surface area contributed by atoms with Gasteiger partial charge in [-0.3, -0.25) is 13.9 Å². The highest BCUT2D eigenvalue weighted by Gasteiger charge is 2.51. The van der Waals surface area contributed by atoms with Gasteiger partial charge in [0.05, 0.1) is 17.9 Å². The minimum Gasteiger partial charge on any atom is -0.457 e. The van der Waals surface area contributed by atoms with Crippen molar-refractivity contribution < 1.29 is 22.7 Å². The van der Waals surface area contributed by atoms with Crippen LogP contribution in [0.2, 0.25) is 0 Å². The summed E-state index contributed by atoms with van der Waals surface area (Å²) in [4.78, 5) is 25.1. The average molecular weight is 406 g/mol. The van der Waals surface area contributed by atoms with Gasteiger partial charge < -0.3 is 4.74 Å². The molecule has 0 N–H and O–H groups in total. The average Bonchev–Trinajstić information content (AvgIpc) is 2.64. The highest BCUT2D eigenvalue weighted by atomic mass is 32.2. The van der Waals surface area contributed by atoms with E-state index in [0.29, 0.717) is 23.1 Å². The van der Waals surface area contributed by atoms with Crippen molar-refractivity contribution in [2.45, 2.75) is 32.1 Å². The second-order valence-electron chi connectivity index (χ2n) is 8.76. The summed E-state index contributed by atoms with van der Waals surface area (Å²) in [5, 5.41) is 0. The van der Waals surface area contributed by atoms with Gasteiger partial charge in [-0.2, -0.15) is 0 Å². The first-order valence-corrected chi connectivity index (χ1v) is 11.8. The maximum absolute atomic E-state index is 12.7. The topological polar surface area (TPSA) is 80.8 Å². The Kier molecular flexibility index (Phi) is 4.98. The summed E-state index contributed by atoms with van der Waals surface area (Å²) in [7, 11) is -1.90. The predicted octanol–water partition coefficient (Wildman–Crippen LogP) is 2.88. The number of esters is 1. The smallest absolute Gasteiger partial charge is 0.309 e. The molecule has 4 aliphatic rings. The van der Waals surface area contributed by atoms with Gasteiger partial charge in [-0.15, -0.1) is 0 Å². The number of carbonyl (C=O) groups excluding carboxylic acids is 2. The fraction of sp³-hybridized carbons (Fsp3) is 0.619. The molecular weight excluding hydrogens is 378 g/mol. The Bertz CT molecular complexity index is 849. The van der Waals surface area contributed by atoms with E-state index in [1.54, 1.807) is 24.3 Å². The fourth-order valence-electron chi connectivity index (χ4n) is 5.68. The van der Waals surface area contributed by atoms with Crippen LogP contribution >= 0.6 is 0 Å². The predicted molar refractivity (Wildman–Crippen MR) is 106 cm³/mol. The zero-order valence-electron chi connectivity index (χ0n) is 16.3. The molecule has 4 bridgehead atoms. The van der Waals surface area contributed by atoms with Crippen molar-refractivity contribution in [2.24, 2.45) is 29.6 Å². The molecule has 28 heavy (non-hydrogen) atoms. The van der Waals surface area contributed by atoms with E-state index in [0.717, 1.165) is 48.1 Å². The molecule has 0 atom stereocenters. The van der Waals surface area contributed by atoms with E-state index in [9.17, 15) is 18.0 Å². The molecule has 4 aliphatic carbocycles. The molecule has 6 nitrogen and oxygen atoms in total. The normalized spacial score (nSPS) is 30.9. The number of carbonyl (C=O) groups is 2. The molecule has 7 heteroatoms. The Morgan fingerprint density at radius 3 is 2.04 bits per heavy atom. The molecule has 0 heterocycles. The monoisotopic (exact) mass is 405 g/mol. The van der Waals surface area contributed by atoms with Crippen molar-refractivity contribution in [2.75, 3.05) is 24.2 Å². The van der Waals surface area contributed by atoms with Crippen LogP contribution in [-0.2, 0) is 19.6 Å². The number of rotatable bonds is 6. The van der Waals surface area contributed by atoms with E-state index in [2.05, 4.69) is 0 Å². The first kappa shape index (κ1) is 19.4. The minimum absolute atomic E-state index is 0.0358. The third-order valence-electron chi connectivity index (χ3n) is 6.89. The third kappa shape index (κ3) is 3.69. The van der Waals surface area contributed by atoms with Crippen molar-refractivity contribution in [3.05, 3.63) is 29.8 Å². The third-order valence-corrected chi connectivity index (χ3v) is 8.10. The number of Topliss-reactive ketones (excluding diaryl/α,β-unsaturated/α-hetero) is 1. The zero-order chi connectivity index (χ0) is 20.1. The maximum atomic E-state index is 12.7. The molecule has 0 unspecified atom stereocenters. The highest BCUT2D eigenvalue weighted by Crippen LogP contribution is 2.56. The van der Waals surface area contributed by atoms with Crippen molar-refractivity contribution in [1.29, 1.82) is 0 Å². The van der Waals surface area contributed by atoms with Gasteiger partial charge in [0.2, 0.25) is 10.0 Å². The number of anilines is 1. The molecule has 0 radical (unpaired) electrons. The van der Waals surface area contributed by atoms with Crippen molar-refractivity contribution in [3.8, 4) is 0 Å². The largest absolute Gasteiger partial charge is 0.457 e. The van der Waals surface area contributed by atoms with Crippen LogP contribution in [0, 0.1) is 29.6 Å². The molecular formula is C21H27NO5S. The van der Waals surface area contributed by atoms with Gasteiger partial charge in [0.25, 0.3) is 0 Å². The van der Waals surface area contributed by atoms with E-state index < -0.39 is 10.0 Å². The van der Waals surface area contributed by atoms with Crippen LogP contribution in [0.3, 0.4) is 0 Å². The van der Waals surface area contributed by atoms with Crippen LogP contribution in [0.25, 0.3) is 0 Å². The summed E-state index contributed by atoms with van der Waals surface area (Å²) in [5.74, 6) is 1.93. The van der Waals surface area contributed by atoms with Crippen LogP contribution in [0.5, 0.6) is 0 Å². The number of benzene rings is 1. The summed E-state index contributed by atoms with van der Waals surface area (Å²) in [6.45, 7) is -0.261. The quantitative estimate of drug-likeness (QED) is 0.537. The molecule has 0 amide bonds. The Balaban J connectivity index is 1.35. The minimum atomic E-state index is -3.35. The molecule has 0 aliphatic heterocycles. The Morgan fingerprint density at radius 2 is 1.54 bits per heavy atom. The van der Waals surface area contributed by atoms with E-state index in [1.807, 2.05) is 0 Å². The van der Waals surface area contributed by atoms with E-state index in [4.69, 9.17) is 4.74 Å². The Labute approximate surface area is 166 Å². The number of ether oxygens (including phenoxy) is 1. The highest BCUT2D eigenvalue weighted by molar-refractivity contribution is 7.92. The number of ketones is 1. The molecule has 1 aromatic carbocycles. The molecule has 1 aromatic rings. The molecule has 5 rings (SSSR count). The molecule has 0 saturated heterocycles. The Morgan fingerprint density at radius 1 is 1.00 bits per heavy atom. The number of hydrogen-bond donors (Lipinski definition) is 0. The lowest BCUT2D eigenvalue weighted by atomic mass is 9.52. The van der Waals surface area contributed by atoms with Gasteiger partial charge >= 0.3 is 5.97 Å². The van der Waals surface area contributed by atoms with Crippen LogP contribution in [-0.4, -0.2) is 40.1 Å². The fourth-order valence-corrected chi connectivity index (χ4v) is 6.18. The first-order chi connectivity index (χ1) is 13.2. The second-order valence-corrected chi connectivity index (χ2v) is 10.8. The lowest BCUT2D eigenvalue weighted by Crippen LogP contribution is -2.48. The standard InChI is InChI=1S/C21H27NO5S/c1-22(28(2,25)26)18-5-3-15(4-6-18)19(23)12-27-21(24)20-16-8-13-7-14(10-16)11-17(20)9-13/h3-6,13-14,16-17,20H,7-12H2,1-2H3. The van der Waals surface area contributed by atoms with Crippen molar-refractivity contribution in [1.82, 2.24) is 0 Å². The van der Waals surface area contributed by atoms with Gasteiger partial charge in [0.1, 0.15) is 0 Å². The second kappa shape index (κ2) is 7.17. The summed E-state index contributed by atoms with van der Waals surface area (Å²) in [6.07, 6.45) is 6.99. The van der Waals surface area contributed by atoms with E-state index in [1.165, 1.54) is 13.5 Å². The maximum Gasteiger partial charge on any atom is 0.309 e. The van der Waals surface area contributed by atoms with Gasteiger partial charge in [-0.05, 0) is 80.0 Å². The zero-order valence-corrected chi connectivity index (χ0v) is 17.2. The van der Waals surface area contributed by atoms with Crippen LogP contribution in [0.15, 0.2) is 24.3 Å². The summed E-state index contributed by atoms with van der Waals surface area (Å²) in [6, 6.07) is 6.29. The molecule has 4 saturated carbocycles. The lowest BCUT2D eigenvalue weighted by Gasteiger charge is -2.53. The SMILES string of the molecule is CN(c1ccc(C(=O)COC(=O)C2C3CC4CC(C3)CC2C4)cc1)S(C)(=O)=O. The van der Waals surface area contributed by atoms with Gasteiger partial charge in [0, 0.05) is 12.6 Å². The molecule has 0 aromatic heterocycles. The van der Waals surface area contributed by atoms with Crippen LogP contribution < -0.4 is 4.31 Å². The lowest BCUT2D eigenvalue weighted by molar-refractivity contribution is -0.161.